The maximum absolute atomic E-state index is 14.3. The van der Waals surface area contributed by atoms with Crippen LogP contribution in [0.25, 0.3) is 11.3 Å². The van der Waals surface area contributed by atoms with Gasteiger partial charge in [-0.25, -0.2) is 32.9 Å². The highest BCUT2D eigenvalue weighted by Gasteiger charge is 2.37. The van der Waals surface area contributed by atoms with Crippen LogP contribution in [0.5, 0.6) is 0 Å². The van der Waals surface area contributed by atoms with Gasteiger partial charge in [0.1, 0.15) is 17.3 Å². The Hall–Kier alpha value is -3.96. The maximum Gasteiger partial charge on any atom is 0.340 e. The molecular weight excluding hydrogens is 463 g/mol. The summed E-state index contributed by atoms with van der Waals surface area (Å²) in [6, 6.07) is 1.98. The van der Waals surface area contributed by atoms with Gasteiger partial charge in [0, 0.05) is 75.1 Å². The number of hydrogen-bond donors (Lipinski definition) is 1. The molecule has 2 amide bonds. The monoisotopic (exact) mass is 485 g/mol. The molecule has 2 aromatic heterocycles. The van der Waals surface area contributed by atoms with E-state index in [9.17, 15) is 22.8 Å². The van der Waals surface area contributed by atoms with E-state index in [1.165, 1.54) is 29.4 Å². The molecule has 0 bridgehead atoms. The smallest absolute Gasteiger partial charge is 0.337 e. The van der Waals surface area contributed by atoms with Gasteiger partial charge in [-0.05, 0) is 12.1 Å². The number of carbonyl (C=O) groups excluding carboxylic acids is 1. The Morgan fingerprint density at radius 2 is 1.91 bits per heavy atom. The number of allylic oxidation sites excluding steroid dienone is 3. The first-order chi connectivity index (χ1) is 16.9. The average molecular weight is 485 g/mol. The lowest BCUT2D eigenvalue weighted by Crippen LogP contribution is -2.54. The summed E-state index contributed by atoms with van der Waals surface area (Å²) in [7, 11) is 0. The van der Waals surface area contributed by atoms with Crippen LogP contribution in [0.3, 0.4) is 0 Å². The van der Waals surface area contributed by atoms with Gasteiger partial charge in [-0.15, -0.1) is 0 Å². The highest BCUT2D eigenvalue weighted by molar-refractivity contribution is 5.78. The SMILES string of the molecule is O=C(N1CCN(c2ncc(F)c(-c3ccc(=O)[nH]c3)n2)CC1)N1N=CC[C@H]1C1C=C(F)C=C(F)C1. The number of halogens is 3. The Bertz CT molecular complexity index is 1260. The van der Waals surface area contributed by atoms with Crippen molar-refractivity contribution in [3.05, 3.63) is 64.5 Å². The fraction of sp³-hybridized carbons (Fsp3) is 0.348. The van der Waals surface area contributed by atoms with Gasteiger partial charge in [0.2, 0.25) is 11.5 Å². The van der Waals surface area contributed by atoms with Gasteiger partial charge in [-0.1, -0.05) is 0 Å². The van der Waals surface area contributed by atoms with E-state index in [2.05, 4.69) is 20.1 Å². The molecule has 12 heteroatoms. The third kappa shape index (κ3) is 4.68. The van der Waals surface area contributed by atoms with E-state index in [-0.39, 0.29) is 23.7 Å². The molecular formula is C23H22F3N7O2. The molecule has 182 valence electrons. The van der Waals surface area contributed by atoms with E-state index < -0.39 is 29.4 Å². The van der Waals surface area contributed by atoms with E-state index in [1.807, 2.05) is 4.90 Å². The van der Waals surface area contributed by atoms with Crippen LogP contribution in [0.2, 0.25) is 0 Å². The summed E-state index contributed by atoms with van der Waals surface area (Å²) < 4.78 is 41.9. The molecule has 0 spiro atoms. The molecule has 5 rings (SSSR count). The zero-order valence-electron chi connectivity index (χ0n) is 18.6. The lowest BCUT2D eigenvalue weighted by Gasteiger charge is -2.38. The number of pyridine rings is 1. The highest BCUT2D eigenvalue weighted by Crippen LogP contribution is 2.33. The van der Waals surface area contributed by atoms with Crippen molar-refractivity contribution in [1.82, 2.24) is 24.9 Å². The van der Waals surface area contributed by atoms with Crippen molar-refractivity contribution < 1.29 is 18.0 Å². The Kier molecular flexibility index (Phi) is 6.10. The lowest BCUT2D eigenvalue weighted by atomic mass is 9.90. The van der Waals surface area contributed by atoms with Gasteiger partial charge < -0.3 is 14.8 Å². The van der Waals surface area contributed by atoms with Crippen LogP contribution < -0.4 is 10.5 Å². The third-order valence-electron chi connectivity index (χ3n) is 6.28. The van der Waals surface area contributed by atoms with Crippen molar-refractivity contribution >= 4 is 18.2 Å². The molecule has 1 unspecified atom stereocenters. The fourth-order valence-corrected chi connectivity index (χ4v) is 4.48. The molecule has 2 atom stereocenters. The number of carbonyl (C=O) groups is 1. The van der Waals surface area contributed by atoms with Crippen LogP contribution >= 0.6 is 0 Å². The average Bonchev–Trinajstić information content (AvgIpc) is 3.34. The van der Waals surface area contributed by atoms with Crippen LogP contribution in [-0.2, 0) is 0 Å². The van der Waals surface area contributed by atoms with Gasteiger partial charge in [0.05, 0.1) is 12.2 Å². The molecule has 2 aromatic rings. The van der Waals surface area contributed by atoms with Gasteiger partial charge >= 0.3 is 6.03 Å². The van der Waals surface area contributed by atoms with Crippen molar-refractivity contribution in [2.45, 2.75) is 18.9 Å². The van der Waals surface area contributed by atoms with E-state index in [1.54, 1.807) is 11.1 Å². The van der Waals surface area contributed by atoms with Gasteiger partial charge in [0.15, 0.2) is 5.82 Å². The third-order valence-corrected chi connectivity index (χ3v) is 6.28. The standard InChI is InChI=1S/C23H22F3N7O2/c24-16-9-15(10-17(25)11-16)19-3-4-29-33(19)23(35)32-7-5-31(6-8-32)22-28-13-18(26)21(30-22)14-1-2-20(34)27-12-14/h1-2,4,9,11-13,15,19H,3,5-8,10H2,(H,27,34)/t15?,19-/m0/s1. The summed E-state index contributed by atoms with van der Waals surface area (Å²) in [5, 5.41) is 5.48. The summed E-state index contributed by atoms with van der Waals surface area (Å²) in [6.07, 6.45) is 6.70. The molecule has 0 aromatic carbocycles. The normalized spacial score (nSPS) is 22.3. The van der Waals surface area contributed by atoms with Gasteiger partial charge in [-0.2, -0.15) is 5.10 Å². The zero-order chi connectivity index (χ0) is 24.5. The minimum absolute atomic E-state index is 0.0263. The number of piperazine rings is 1. The molecule has 9 nitrogen and oxygen atoms in total. The van der Waals surface area contributed by atoms with Crippen LogP contribution in [-0.4, -0.2) is 69.3 Å². The van der Waals surface area contributed by atoms with Crippen LogP contribution in [0.4, 0.5) is 23.9 Å². The van der Waals surface area contributed by atoms with E-state index in [4.69, 9.17) is 0 Å². The number of hydrogen-bond acceptors (Lipinski definition) is 6. The molecule has 0 saturated carbocycles. The van der Waals surface area contributed by atoms with E-state index in [0.29, 0.717) is 44.1 Å². The summed E-state index contributed by atoms with van der Waals surface area (Å²) >= 11 is 0. The molecule has 1 saturated heterocycles. The molecule has 1 aliphatic carbocycles. The fourth-order valence-electron chi connectivity index (χ4n) is 4.48. The van der Waals surface area contributed by atoms with E-state index >= 15 is 0 Å². The first-order valence-electron chi connectivity index (χ1n) is 11.2. The second-order valence-electron chi connectivity index (χ2n) is 8.52. The second kappa shape index (κ2) is 9.35. The molecule has 1 N–H and O–H groups in total. The second-order valence-corrected chi connectivity index (χ2v) is 8.52. The summed E-state index contributed by atoms with van der Waals surface area (Å²) in [5.74, 6) is -2.00. The molecule has 0 radical (unpaired) electrons. The number of nitrogens with zero attached hydrogens (tertiary/aromatic N) is 6. The van der Waals surface area contributed by atoms with Gasteiger partial charge in [-0.3, -0.25) is 4.79 Å². The Labute approximate surface area is 198 Å². The number of aromatic amines is 1. The summed E-state index contributed by atoms with van der Waals surface area (Å²) in [6.45, 7) is 1.49. The molecule has 4 heterocycles. The van der Waals surface area contributed by atoms with Gasteiger partial charge in [0.25, 0.3) is 0 Å². The van der Waals surface area contributed by atoms with Crippen molar-refractivity contribution in [1.29, 1.82) is 0 Å². The van der Waals surface area contributed by atoms with Crippen LogP contribution in [0.15, 0.2) is 58.2 Å². The number of rotatable bonds is 3. The number of hydrazone groups is 1. The first-order valence-corrected chi connectivity index (χ1v) is 11.2. The maximum atomic E-state index is 14.3. The van der Waals surface area contributed by atoms with E-state index in [0.717, 1.165) is 12.3 Å². The first kappa shape index (κ1) is 22.8. The summed E-state index contributed by atoms with van der Waals surface area (Å²) in [5.41, 5.74) is 0.171. The number of anilines is 1. The minimum atomic E-state index is -0.646. The molecule has 3 aliphatic rings. The predicted octanol–water partition coefficient (Wildman–Crippen LogP) is 3.00. The Morgan fingerprint density at radius 1 is 1.11 bits per heavy atom. The van der Waals surface area contributed by atoms with Crippen molar-refractivity contribution in [2.24, 2.45) is 11.0 Å². The topological polar surface area (TPSA) is 97.8 Å². The predicted molar refractivity (Wildman–Crippen MR) is 122 cm³/mol. The van der Waals surface area contributed by atoms with Crippen molar-refractivity contribution in [2.75, 3.05) is 31.1 Å². The minimum Gasteiger partial charge on any atom is -0.337 e. The highest BCUT2D eigenvalue weighted by atomic mass is 19.1. The molecule has 35 heavy (non-hydrogen) atoms. The zero-order valence-corrected chi connectivity index (χ0v) is 18.6. The number of urea groups is 1. The molecule has 1 fully saturated rings. The number of amides is 2. The van der Waals surface area contributed by atoms with Crippen LogP contribution in [0.1, 0.15) is 12.8 Å². The van der Waals surface area contributed by atoms with Crippen molar-refractivity contribution in [3.63, 3.8) is 0 Å². The number of nitrogens with one attached hydrogen (secondary N) is 1. The molecule has 2 aliphatic heterocycles. The summed E-state index contributed by atoms with van der Waals surface area (Å²) in [4.78, 5) is 38.8. The Balaban J connectivity index is 1.25. The largest absolute Gasteiger partial charge is 0.340 e. The van der Waals surface area contributed by atoms with Crippen LogP contribution in [0, 0.1) is 11.7 Å². The lowest BCUT2D eigenvalue weighted by molar-refractivity contribution is 0.127. The number of H-pyrrole nitrogens is 1. The quantitative estimate of drug-likeness (QED) is 0.721. The van der Waals surface area contributed by atoms with Crippen molar-refractivity contribution in [3.8, 4) is 11.3 Å². The Morgan fingerprint density at radius 3 is 2.63 bits per heavy atom. The number of aromatic nitrogens is 3.